The van der Waals surface area contributed by atoms with E-state index < -0.39 is 42.2 Å². The van der Waals surface area contributed by atoms with Gasteiger partial charge in [-0.1, -0.05) is 23.2 Å². The van der Waals surface area contributed by atoms with Crippen LogP contribution in [-0.2, 0) is 9.47 Å². The van der Waals surface area contributed by atoms with Crippen LogP contribution in [-0.4, -0.2) is 30.5 Å². The van der Waals surface area contributed by atoms with Crippen LogP contribution >= 0.6 is 23.2 Å². The van der Waals surface area contributed by atoms with Crippen molar-refractivity contribution >= 4 is 52.9 Å². The Bertz CT molecular complexity index is 1010. The van der Waals surface area contributed by atoms with Crippen LogP contribution in [0, 0.1) is 11.6 Å². The molecule has 2 aromatic carbocycles. The van der Waals surface area contributed by atoms with Gasteiger partial charge in [0.15, 0.2) is 11.5 Å². The highest BCUT2D eigenvalue weighted by Crippen LogP contribution is 2.33. The zero-order valence-corrected chi connectivity index (χ0v) is 19.8. The molecule has 0 atom stereocenters. The molecule has 2 rings (SSSR count). The number of ether oxygens (including phenoxy) is 4. The summed E-state index contributed by atoms with van der Waals surface area (Å²) in [4.78, 5) is 35.7. The van der Waals surface area contributed by atoms with Gasteiger partial charge in [-0.3, -0.25) is 10.6 Å². The van der Waals surface area contributed by atoms with E-state index in [9.17, 15) is 23.2 Å². The monoisotopic (exact) mass is 520 g/mol. The fraction of sp³-hybridized carbons (Fsp3) is 0.286. The van der Waals surface area contributed by atoms with E-state index in [0.717, 1.165) is 24.3 Å². The predicted octanol–water partition coefficient (Wildman–Crippen LogP) is 6.76. The van der Waals surface area contributed by atoms with Crippen molar-refractivity contribution in [2.24, 2.45) is 0 Å². The van der Waals surface area contributed by atoms with Gasteiger partial charge in [0, 0.05) is 12.1 Å². The number of amides is 2. The minimum atomic E-state index is -1.38. The molecule has 0 saturated carbocycles. The van der Waals surface area contributed by atoms with Crippen molar-refractivity contribution in [3.05, 3.63) is 45.9 Å². The van der Waals surface area contributed by atoms with Crippen molar-refractivity contribution in [1.82, 2.24) is 0 Å². The molecule has 0 fully saturated rings. The molecule has 0 bridgehead atoms. The molecule has 13 heteroatoms. The molecule has 0 aliphatic carbocycles. The van der Waals surface area contributed by atoms with Gasteiger partial charge in [-0.2, -0.15) is 0 Å². The molecule has 2 N–H and O–H groups in total. The maximum absolute atomic E-state index is 14.1. The molecule has 184 valence electrons. The molecule has 2 aromatic rings. The highest BCUT2D eigenvalue weighted by molar-refractivity contribution is 6.32. The topological polar surface area (TPSA) is 112 Å². The van der Waals surface area contributed by atoms with Crippen LogP contribution < -0.4 is 20.1 Å². The lowest BCUT2D eigenvalue weighted by Crippen LogP contribution is -2.19. The summed E-state index contributed by atoms with van der Waals surface area (Å²) in [5.41, 5.74) is -0.763. The van der Waals surface area contributed by atoms with Crippen LogP contribution in [0.2, 0.25) is 10.0 Å². The van der Waals surface area contributed by atoms with Gasteiger partial charge in [0.25, 0.3) is 0 Å². The van der Waals surface area contributed by atoms with Crippen LogP contribution in [0.1, 0.15) is 27.7 Å². The second kappa shape index (κ2) is 11.7. The molecule has 0 saturated heterocycles. The molecule has 0 spiro atoms. The van der Waals surface area contributed by atoms with Crippen molar-refractivity contribution in [2.75, 3.05) is 10.6 Å². The van der Waals surface area contributed by atoms with Gasteiger partial charge in [0.05, 0.1) is 33.6 Å². The van der Waals surface area contributed by atoms with Crippen molar-refractivity contribution in [3.63, 3.8) is 0 Å². The van der Waals surface area contributed by atoms with E-state index >= 15 is 0 Å². The third-order valence-electron chi connectivity index (χ3n) is 3.59. The molecular formula is C21H20Cl2F2N2O7. The Kier molecular flexibility index (Phi) is 9.28. The number of halogens is 4. The smallest absolute Gasteiger partial charge is 0.447 e. The lowest BCUT2D eigenvalue weighted by atomic mass is 10.3. The molecule has 9 nitrogen and oxygen atoms in total. The third-order valence-corrected chi connectivity index (χ3v) is 4.18. The third kappa shape index (κ3) is 7.92. The van der Waals surface area contributed by atoms with Crippen LogP contribution in [0.3, 0.4) is 0 Å². The van der Waals surface area contributed by atoms with E-state index in [1.54, 1.807) is 27.7 Å². The van der Waals surface area contributed by atoms with Crippen molar-refractivity contribution in [2.45, 2.75) is 39.9 Å². The first kappa shape index (κ1) is 26.9. The Morgan fingerprint density at radius 1 is 0.735 bits per heavy atom. The normalized spacial score (nSPS) is 10.6. The van der Waals surface area contributed by atoms with Gasteiger partial charge in [0.2, 0.25) is 0 Å². The van der Waals surface area contributed by atoms with Gasteiger partial charge in [-0.05, 0) is 39.8 Å². The zero-order chi connectivity index (χ0) is 25.6. The summed E-state index contributed by atoms with van der Waals surface area (Å²) < 4.78 is 47.8. The van der Waals surface area contributed by atoms with Gasteiger partial charge >= 0.3 is 18.3 Å². The quantitative estimate of drug-likeness (QED) is 0.319. The van der Waals surface area contributed by atoms with E-state index in [1.165, 1.54) is 0 Å². The number of carbonyl (C=O) groups is 3. The van der Waals surface area contributed by atoms with E-state index in [0.29, 0.717) is 0 Å². The Morgan fingerprint density at radius 3 is 1.41 bits per heavy atom. The first-order valence-corrected chi connectivity index (χ1v) is 10.4. The Hall–Kier alpha value is -3.31. The first-order chi connectivity index (χ1) is 15.8. The molecule has 0 heterocycles. The molecule has 0 unspecified atom stereocenters. The standard InChI is InChI=1S/C21H20Cl2F2N2O7/c1-9(2)31-19(28)26-15-7-17(11(22)5-13(15)24)33-21(30)34-18-8-16(14(25)6-12(18)23)27-20(29)32-10(3)4/h5-10H,1-4H3,(H,26,28)(H,27,29). The van der Waals surface area contributed by atoms with E-state index in [-0.39, 0.29) is 32.9 Å². The summed E-state index contributed by atoms with van der Waals surface area (Å²) in [6.07, 6.45) is -4.20. The highest BCUT2D eigenvalue weighted by atomic mass is 35.5. The summed E-state index contributed by atoms with van der Waals surface area (Å²) in [6, 6.07) is 3.45. The minimum absolute atomic E-state index is 0.318. The summed E-state index contributed by atoms with van der Waals surface area (Å²) in [6.45, 7) is 6.38. The molecular weight excluding hydrogens is 501 g/mol. The minimum Gasteiger partial charge on any atom is -0.447 e. The highest BCUT2D eigenvalue weighted by Gasteiger charge is 2.20. The lowest BCUT2D eigenvalue weighted by molar-refractivity contribution is 0.129. The van der Waals surface area contributed by atoms with Gasteiger partial charge in [0.1, 0.15) is 11.6 Å². The summed E-state index contributed by atoms with van der Waals surface area (Å²) >= 11 is 11.8. The van der Waals surface area contributed by atoms with E-state index in [4.69, 9.17) is 42.1 Å². The van der Waals surface area contributed by atoms with Gasteiger partial charge < -0.3 is 18.9 Å². The largest absolute Gasteiger partial charge is 0.519 e. The Labute approximate surface area is 203 Å². The van der Waals surface area contributed by atoms with Crippen LogP contribution in [0.5, 0.6) is 11.5 Å². The number of hydrogen-bond acceptors (Lipinski definition) is 7. The second-order valence-corrected chi connectivity index (χ2v) is 7.95. The van der Waals surface area contributed by atoms with E-state index in [2.05, 4.69) is 10.6 Å². The van der Waals surface area contributed by atoms with Crippen LogP contribution in [0.15, 0.2) is 24.3 Å². The molecule has 0 aliphatic heterocycles. The molecule has 34 heavy (non-hydrogen) atoms. The number of hydrogen-bond donors (Lipinski definition) is 2. The van der Waals surface area contributed by atoms with E-state index in [1.807, 2.05) is 0 Å². The number of benzene rings is 2. The van der Waals surface area contributed by atoms with Crippen molar-refractivity contribution < 1.29 is 42.1 Å². The average Bonchev–Trinajstić information content (AvgIpc) is 2.68. The molecule has 2 amide bonds. The fourth-order valence-electron chi connectivity index (χ4n) is 2.31. The second-order valence-electron chi connectivity index (χ2n) is 7.14. The molecule has 0 radical (unpaired) electrons. The Morgan fingerprint density at radius 2 is 1.09 bits per heavy atom. The zero-order valence-electron chi connectivity index (χ0n) is 18.3. The number of anilines is 2. The Balaban J connectivity index is 2.17. The maximum atomic E-state index is 14.1. The summed E-state index contributed by atoms with van der Waals surface area (Å²) in [7, 11) is 0. The van der Waals surface area contributed by atoms with Crippen LogP contribution in [0.4, 0.5) is 34.5 Å². The summed E-state index contributed by atoms with van der Waals surface area (Å²) in [5, 5.41) is 3.65. The van der Waals surface area contributed by atoms with Crippen LogP contribution in [0.25, 0.3) is 0 Å². The summed E-state index contributed by atoms with van der Waals surface area (Å²) in [5.74, 6) is -2.58. The lowest BCUT2D eigenvalue weighted by Gasteiger charge is -2.14. The number of nitrogens with one attached hydrogen (secondary N) is 2. The predicted molar refractivity (Wildman–Crippen MR) is 120 cm³/mol. The van der Waals surface area contributed by atoms with Gasteiger partial charge in [-0.15, -0.1) is 0 Å². The SMILES string of the molecule is CC(C)OC(=O)Nc1cc(OC(=O)Oc2cc(NC(=O)OC(C)C)c(F)cc2Cl)c(Cl)cc1F. The maximum Gasteiger partial charge on any atom is 0.519 e. The molecule has 0 aromatic heterocycles. The van der Waals surface area contributed by atoms with Crippen molar-refractivity contribution in [3.8, 4) is 11.5 Å². The number of carbonyl (C=O) groups excluding carboxylic acids is 3. The van der Waals surface area contributed by atoms with Crippen molar-refractivity contribution in [1.29, 1.82) is 0 Å². The molecule has 0 aliphatic rings. The average molecular weight is 521 g/mol. The first-order valence-electron chi connectivity index (χ1n) is 9.68. The fourth-order valence-corrected chi connectivity index (χ4v) is 2.69. The number of rotatable bonds is 6. The van der Waals surface area contributed by atoms with Gasteiger partial charge in [-0.25, -0.2) is 23.2 Å².